The van der Waals surface area contributed by atoms with Crippen LogP contribution in [0.25, 0.3) is 61.0 Å². The highest BCUT2D eigenvalue weighted by Crippen LogP contribution is 2.40. The van der Waals surface area contributed by atoms with E-state index in [0.29, 0.717) is 50.7 Å². The fourth-order valence-electron chi connectivity index (χ4n) is 6.91. The van der Waals surface area contributed by atoms with Crippen molar-refractivity contribution in [1.29, 1.82) is 0 Å². The number of aryl methyl sites for hydroxylation is 1. The van der Waals surface area contributed by atoms with Crippen LogP contribution in [0.2, 0.25) is 0 Å². The van der Waals surface area contributed by atoms with Crippen LogP contribution in [0.15, 0.2) is 146 Å². The molecule has 2 heterocycles. The van der Waals surface area contributed by atoms with Crippen molar-refractivity contribution in [2.45, 2.75) is 33.0 Å². The number of nitro groups is 1. The molecular formula is C46H37N3O4. The summed E-state index contributed by atoms with van der Waals surface area (Å²) in [6.45, 7) is 3.97. The summed E-state index contributed by atoms with van der Waals surface area (Å²) in [4.78, 5) is 16.8. The molecule has 0 aliphatic heterocycles. The molecule has 7 heteroatoms. The molecule has 53 heavy (non-hydrogen) atoms. The number of fused-ring (bicyclic) bond motifs is 3. The molecule has 0 aliphatic rings. The number of pyridine rings is 1. The van der Waals surface area contributed by atoms with Gasteiger partial charge in [0.25, 0.3) is 5.69 Å². The van der Waals surface area contributed by atoms with Gasteiger partial charge in [0.15, 0.2) is 0 Å². The minimum absolute atomic E-state index is 0.0238. The van der Waals surface area contributed by atoms with Gasteiger partial charge in [0, 0.05) is 32.7 Å². The molecule has 0 spiro atoms. The Balaban J connectivity index is 1.14. The zero-order valence-corrected chi connectivity index (χ0v) is 29.4. The number of phenols is 1. The summed E-state index contributed by atoms with van der Waals surface area (Å²) in [5, 5.41) is 24.7. The van der Waals surface area contributed by atoms with Gasteiger partial charge < -0.3 is 9.84 Å². The number of aromatic nitrogens is 2. The van der Waals surface area contributed by atoms with Gasteiger partial charge in [0.2, 0.25) is 0 Å². The van der Waals surface area contributed by atoms with Crippen molar-refractivity contribution in [3.8, 4) is 56.4 Å². The van der Waals surface area contributed by atoms with Gasteiger partial charge in [-0.1, -0.05) is 87.5 Å². The lowest BCUT2D eigenvalue weighted by Crippen LogP contribution is -2.10. The van der Waals surface area contributed by atoms with Crippen LogP contribution in [0.1, 0.15) is 36.0 Å². The molecule has 0 amide bonds. The fraction of sp³-hybridized carbons (Fsp3) is 0.109. The third-order valence-corrected chi connectivity index (χ3v) is 9.58. The predicted molar refractivity (Wildman–Crippen MR) is 213 cm³/mol. The topological polar surface area (TPSA) is 90.4 Å². The second kappa shape index (κ2) is 13.1. The number of benzene rings is 6. The molecule has 2 aromatic heterocycles. The maximum atomic E-state index is 12.3. The predicted octanol–water partition coefficient (Wildman–Crippen LogP) is 12.2. The van der Waals surface area contributed by atoms with E-state index in [-0.39, 0.29) is 27.3 Å². The van der Waals surface area contributed by atoms with Crippen molar-refractivity contribution in [2.24, 2.45) is 0 Å². The van der Waals surface area contributed by atoms with E-state index < -0.39 is 6.85 Å². The van der Waals surface area contributed by atoms with Gasteiger partial charge in [-0.3, -0.25) is 14.7 Å². The molecule has 8 rings (SSSR count). The quantitative estimate of drug-likeness (QED) is 0.132. The molecule has 0 bridgehead atoms. The monoisotopic (exact) mass is 698 g/mol. The lowest BCUT2D eigenvalue weighted by atomic mass is 9.86. The summed E-state index contributed by atoms with van der Waals surface area (Å²) >= 11 is 0. The van der Waals surface area contributed by atoms with E-state index in [1.54, 1.807) is 79.0 Å². The summed E-state index contributed by atoms with van der Waals surface area (Å²) in [6, 6.07) is 41.8. The Hall–Kier alpha value is -6.73. The molecule has 260 valence electrons. The summed E-state index contributed by atoms with van der Waals surface area (Å²) in [7, 11) is 0. The highest BCUT2D eigenvalue weighted by Gasteiger charge is 2.22. The maximum absolute atomic E-state index is 12.3. The Morgan fingerprint density at radius 3 is 2.13 bits per heavy atom. The van der Waals surface area contributed by atoms with Crippen molar-refractivity contribution in [1.82, 2.24) is 9.55 Å². The van der Waals surface area contributed by atoms with E-state index in [0.717, 1.165) is 27.4 Å². The Morgan fingerprint density at radius 2 is 1.42 bits per heavy atom. The largest absolute Gasteiger partial charge is 0.508 e. The molecule has 6 aromatic carbocycles. The first kappa shape index (κ1) is 29.9. The molecule has 0 saturated heterocycles. The number of ether oxygens (including phenoxy) is 1. The lowest BCUT2D eigenvalue weighted by Gasteiger charge is -2.19. The number of hydrogen-bond acceptors (Lipinski definition) is 5. The number of phenolic OH excluding ortho intramolecular Hbond substituents is 1. The van der Waals surface area contributed by atoms with Gasteiger partial charge in [-0.05, 0) is 107 Å². The van der Waals surface area contributed by atoms with E-state index in [1.807, 2.05) is 59.2 Å². The molecule has 0 atom stereocenters. The highest BCUT2D eigenvalue weighted by molar-refractivity contribution is 6.09. The van der Waals surface area contributed by atoms with E-state index in [4.69, 9.17) is 13.8 Å². The minimum Gasteiger partial charge on any atom is -0.508 e. The number of para-hydroxylation sites is 1. The molecule has 7 nitrogen and oxygen atoms in total. The summed E-state index contributed by atoms with van der Waals surface area (Å²) in [5.74, 6) is 1.48. The second-order valence-corrected chi connectivity index (χ2v) is 14.1. The van der Waals surface area contributed by atoms with Crippen LogP contribution in [0.4, 0.5) is 5.69 Å². The first-order valence-electron chi connectivity index (χ1n) is 18.8. The number of nitro benzene ring substituents is 1. The third-order valence-electron chi connectivity index (χ3n) is 9.58. The van der Waals surface area contributed by atoms with Gasteiger partial charge in [-0.2, -0.15) is 0 Å². The number of aromatic hydroxyl groups is 1. The van der Waals surface area contributed by atoms with E-state index in [9.17, 15) is 15.2 Å². The molecule has 0 unspecified atom stereocenters. The summed E-state index contributed by atoms with van der Waals surface area (Å²) < 4.78 is 33.8. The van der Waals surface area contributed by atoms with Crippen LogP contribution in [0, 0.1) is 17.0 Å². The van der Waals surface area contributed by atoms with Crippen molar-refractivity contribution in [3.63, 3.8) is 0 Å². The molecule has 1 N–H and O–H groups in total. The van der Waals surface area contributed by atoms with E-state index in [2.05, 4.69) is 32.9 Å². The Labute approximate surface area is 311 Å². The smallest absolute Gasteiger partial charge is 0.284 e. The first-order valence-corrected chi connectivity index (χ1v) is 17.3. The normalized spacial score (nSPS) is 12.7. The third kappa shape index (κ3) is 6.27. The number of nitrogens with zero attached hydrogens (tertiary/aromatic N) is 3. The molecule has 0 aliphatic carbocycles. The molecule has 0 radical (unpaired) electrons. The van der Waals surface area contributed by atoms with Crippen LogP contribution in [-0.2, 0) is 5.41 Å². The maximum Gasteiger partial charge on any atom is 0.284 e. The minimum atomic E-state index is -2.49. The molecular weight excluding hydrogens is 659 g/mol. The van der Waals surface area contributed by atoms with Crippen molar-refractivity contribution in [2.75, 3.05) is 0 Å². The standard InChI is InChI=1S/C46H37N3O4/c1-29-24-44(48-42-23-18-33(46(2,3)4)26-40(42)39-22-19-34(50)27-43(39)48)47-28-41(29)32-12-8-13-36(25-32)53-35-20-16-31(17-21-35)38-15-9-14-37(45(38)49(51)52)30-10-6-5-7-11-30/h5-28,50H,1-4H3/i1D3. The van der Waals surface area contributed by atoms with Crippen LogP contribution in [-0.4, -0.2) is 19.6 Å². The van der Waals surface area contributed by atoms with Gasteiger partial charge in [0.1, 0.15) is 23.1 Å². The summed E-state index contributed by atoms with van der Waals surface area (Å²) in [6.07, 6.45) is 1.57. The average molecular weight is 699 g/mol. The van der Waals surface area contributed by atoms with Crippen molar-refractivity contribution >= 4 is 27.5 Å². The van der Waals surface area contributed by atoms with Crippen LogP contribution in [0.5, 0.6) is 17.2 Å². The van der Waals surface area contributed by atoms with E-state index >= 15 is 0 Å². The Bertz CT molecular complexity index is 2790. The second-order valence-electron chi connectivity index (χ2n) is 14.1. The Kier molecular flexibility index (Phi) is 7.41. The van der Waals surface area contributed by atoms with Gasteiger partial charge in [0.05, 0.1) is 27.1 Å². The highest BCUT2D eigenvalue weighted by atomic mass is 16.6. The SMILES string of the molecule is [2H]C([2H])([2H])c1cc(-n2c3ccc(C(C)(C)C)cc3c3ccc(O)cc32)ncc1-c1cccc(Oc2ccc(-c3cccc(-c4ccccc4)c3[N+](=O)[O-])cc2)c1. The van der Waals surface area contributed by atoms with Crippen LogP contribution >= 0.6 is 0 Å². The molecule has 0 saturated carbocycles. The zero-order valence-electron chi connectivity index (χ0n) is 32.4. The lowest BCUT2D eigenvalue weighted by molar-refractivity contribution is -0.383. The number of rotatable bonds is 7. The zero-order chi connectivity index (χ0) is 39.4. The van der Waals surface area contributed by atoms with Crippen molar-refractivity contribution < 1.29 is 18.9 Å². The van der Waals surface area contributed by atoms with Crippen LogP contribution < -0.4 is 4.74 Å². The fourth-order valence-corrected chi connectivity index (χ4v) is 6.91. The molecule has 0 fully saturated rings. The molecule has 8 aromatic rings. The van der Waals surface area contributed by atoms with Crippen LogP contribution in [0.3, 0.4) is 0 Å². The van der Waals surface area contributed by atoms with Gasteiger partial charge >= 0.3 is 0 Å². The average Bonchev–Trinajstić information content (AvgIpc) is 3.50. The first-order chi connectivity index (χ1) is 26.8. The summed E-state index contributed by atoms with van der Waals surface area (Å²) in [5.41, 5.74) is 6.24. The van der Waals surface area contributed by atoms with E-state index in [1.165, 1.54) is 0 Å². The number of hydrogen-bond donors (Lipinski definition) is 1. The Morgan fingerprint density at radius 1 is 0.698 bits per heavy atom. The van der Waals surface area contributed by atoms with Gasteiger partial charge in [-0.25, -0.2) is 4.98 Å². The van der Waals surface area contributed by atoms with Crippen molar-refractivity contribution in [3.05, 3.63) is 167 Å². The van der Waals surface area contributed by atoms with Gasteiger partial charge in [-0.15, -0.1) is 0 Å².